The number of hydrogen-bond donors (Lipinski definition) is 1. The highest BCUT2D eigenvalue weighted by Gasteiger charge is 2.52. The molecular weight excluding hydrogens is 356 g/mol. The monoisotopic (exact) mass is 368 g/mol. The quantitative estimate of drug-likeness (QED) is 0.691. The maximum absolute atomic E-state index is 12.9. The van der Waals surface area contributed by atoms with E-state index in [4.69, 9.17) is 11.6 Å². The molecular formula is C19H13ClN2O2S. The molecule has 2 aromatic carbocycles. The van der Waals surface area contributed by atoms with Crippen molar-refractivity contribution in [3.8, 4) is 0 Å². The standard InChI is InChI=1S/C19H13ClN2O2S/c20-12-2-4-15-14(9-12)17(23)19(24)6-7-22(18(19)21-15)13-3-1-11-5-8-25-16(11)10-13/h1-5,8-10,24H,6-7H2. The molecule has 3 heterocycles. The molecule has 0 aliphatic carbocycles. The molecule has 1 unspecified atom stereocenters. The van der Waals surface area contributed by atoms with Gasteiger partial charge in [-0.15, -0.1) is 11.3 Å². The Balaban J connectivity index is 1.67. The van der Waals surface area contributed by atoms with Gasteiger partial charge in [0.05, 0.1) is 5.69 Å². The van der Waals surface area contributed by atoms with Crippen LogP contribution < -0.4 is 4.90 Å². The third kappa shape index (κ3) is 2.10. The molecule has 0 spiro atoms. The molecule has 1 saturated heterocycles. The Bertz CT molecular complexity index is 1070. The Labute approximate surface area is 153 Å². The molecule has 2 aliphatic heterocycles. The summed E-state index contributed by atoms with van der Waals surface area (Å²) in [5.74, 6) is 0.0814. The van der Waals surface area contributed by atoms with Crippen molar-refractivity contribution in [3.05, 3.63) is 58.4 Å². The molecule has 3 aromatic rings. The highest BCUT2D eigenvalue weighted by molar-refractivity contribution is 7.17. The summed E-state index contributed by atoms with van der Waals surface area (Å²) in [7, 11) is 0. The number of fused-ring (bicyclic) bond motifs is 3. The number of benzene rings is 2. The zero-order valence-corrected chi connectivity index (χ0v) is 14.6. The fraction of sp³-hybridized carbons (Fsp3) is 0.158. The predicted molar refractivity (Wildman–Crippen MR) is 102 cm³/mol. The number of amidine groups is 1. The summed E-state index contributed by atoms with van der Waals surface area (Å²) in [4.78, 5) is 19.5. The fourth-order valence-electron chi connectivity index (χ4n) is 3.57. The summed E-state index contributed by atoms with van der Waals surface area (Å²) in [6, 6.07) is 13.2. The largest absolute Gasteiger partial charge is 0.374 e. The summed E-state index contributed by atoms with van der Waals surface area (Å²) < 4.78 is 1.17. The van der Waals surface area contributed by atoms with Crippen LogP contribution in [0.4, 0.5) is 11.4 Å². The van der Waals surface area contributed by atoms with Crippen LogP contribution in [0.1, 0.15) is 16.8 Å². The molecule has 25 heavy (non-hydrogen) atoms. The molecule has 0 radical (unpaired) electrons. The number of rotatable bonds is 1. The van der Waals surface area contributed by atoms with Gasteiger partial charge in [-0.3, -0.25) is 4.79 Å². The number of Topliss-reactive ketones (excluding diaryl/α,β-unsaturated/α-hetero) is 1. The number of aliphatic hydroxyl groups is 1. The Hall–Kier alpha value is -2.21. The van der Waals surface area contributed by atoms with E-state index in [0.717, 1.165) is 5.69 Å². The first kappa shape index (κ1) is 15.1. The van der Waals surface area contributed by atoms with Crippen LogP contribution >= 0.6 is 22.9 Å². The lowest BCUT2D eigenvalue weighted by atomic mass is 9.87. The molecule has 1 fully saturated rings. The maximum atomic E-state index is 12.9. The van der Waals surface area contributed by atoms with E-state index in [1.807, 2.05) is 11.0 Å². The highest BCUT2D eigenvalue weighted by Crippen LogP contribution is 2.40. The summed E-state index contributed by atoms with van der Waals surface area (Å²) in [6.07, 6.45) is 0.319. The van der Waals surface area contributed by atoms with Crippen molar-refractivity contribution in [2.75, 3.05) is 11.4 Å². The predicted octanol–water partition coefficient (Wildman–Crippen LogP) is 4.42. The number of anilines is 1. The number of thiophene rings is 1. The number of hydrogen-bond acceptors (Lipinski definition) is 5. The number of ketones is 1. The molecule has 0 bridgehead atoms. The lowest BCUT2D eigenvalue weighted by Gasteiger charge is -2.29. The number of halogens is 1. The van der Waals surface area contributed by atoms with Crippen molar-refractivity contribution in [2.24, 2.45) is 4.99 Å². The average molecular weight is 369 g/mol. The van der Waals surface area contributed by atoms with Crippen LogP contribution in [0, 0.1) is 0 Å². The second kappa shape index (κ2) is 5.14. The van der Waals surface area contributed by atoms with Crippen molar-refractivity contribution in [3.63, 3.8) is 0 Å². The Morgan fingerprint density at radius 1 is 1.20 bits per heavy atom. The Kier molecular flexibility index (Phi) is 3.10. The fourth-order valence-corrected chi connectivity index (χ4v) is 4.56. The second-order valence-electron chi connectivity index (χ2n) is 6.33. The lowest BCUT2D eigenvalue weighted by molar-refractivity contribution is 0.0602. The molecule has 124 valence electrons. The van der Waals surface area contributed by atoms with Gasteiger partial charge in [0.15, 0.2) is 5.60 Å². The lowest BCUT2D eigenvalue weighted by Crippen LogP contribution is -2.48. The molecule has 2 aliphatic rings. The van der Waals surface area contributed by atoms with E-state index < -0.39 is 5.60 Å². The van der Waals surface area contributed by atoms with Gasteiger partial charge in [-0.2, -0.15) is 0 Å². The number of aliphatic imine (C=N–C) groups is 1. The van der Waals surface area contributed by atoms with Gasteiger partial charge in [-0.05, 0) is 47.2 Å². The van der Waals surface area contributed by atoms with Gasteiger partial charge in [-0.1, -0.05) is 17.7 Å². The molecule has 0 amide bonds. The van der Waals surface area contributed by atoms with Crippen LogP contribution in [-0.4, -0.2) is 28.9 Å². The minimum atomic E-state index is -1.58. The first-order chi connectivity index (χ1) is 12.1. The van der Waals surface area contributed by atoms with Crippen LogP contribution in [0.5, 0.6) is 0 Å². The van der Waals surface area contributed by atoms with Gasteiger partial charge < -0.3 is 10.0 Å². The van der Waals surface area contributed by atoms with Crippen molar-refractivity contribution in [2.45, 2.75) is 12.0 Å². The molecule has 6 heteroatoms. The number of nitrogens with zero attached hydrogens (tertiary/aromatic N) is 2. The molecule has 1 aromatic heterocycles. The molecule has 4 nitrogen and oxygen atoms in total. The highest BCUT2D eigenvalue weighted by atomic mass is 35.5. The summed E-state index contributed by atoms with van der Waals surface area (Å²) in [5.41, 5.74) is 0.296. The summed E-state index contributed by atoms with van der Waals surface area (Å²) in [5, 5.41) is 14.8. The van der Waals surface area contributed by atoms with Gasteiger partial charge in [0.1, 0.15) is 5.84 Å². The first-order valence-corrected chi connectivity index (χ1v) is 9.23. The zero-order chi connectivity index (χ0) is 17.2. The van der Waals surface area contributed by atoms with E-state index in [2.05, 4.69) is 28.6 Å². The molecule has 0 saturated carbocycles. The smallest absolute Gasteiger partial charge is 0.204 e. The van der Waals surface area contributed by atoms with E-state index >= 15 is 0 Å². The minimum Gasteiger partial charge on any atom is -0.374 e. The molecule has 1 N–H and O–H groups in total. The van der Waals surface area contributed by atoms with Crippen LogP contribution in [0.2, 0.25) is 5.02 Å². The van der Waals surface area contributed by atoms with Crippen molar-refractivity contribution in [1.82, 2.24) is 0 Å². The van der Waals surface area contributed by atoms with E-state index in [0.29, 0.717) is 35.1 Å². The third-order valence-corrected chi connectivity index (χ3v) is 5.99. The van der Waals surface area contributed by atoms with E-state index in [-0.39, 0.29) is 5.78 Å². The normalized spacial score (nSPS) is 22.1. The van der Waals surface area contributed by atoms with Crippen molar-refractivity contribution in [1.29, 1.82) is 0 Å². The first-order valence-electron chi connectivity index (χ1n) is 7.97. The average Bonchev–Trinajstić information content (AvgIpc) is 3.20. The van der Waals surface area contributed by atoms with Gasteiger partial charge in [0.25, 0.3) is 0 Å². The summed E-state index contributed by atoms with van der Waals surface area (Å²) >= 11 is 7.68. The molecule has 5 rings (SSSR count). The molecule has 1 atom stereocenters. The van der Waals surface area contributed by atoms with Gasteiger partial charge in [0.2, 0.25) is 5.78 Å². The minimum absolute atomic E-state index is 0.319. The SMILES string of the molecule is O=C1c2cc(Cl)ccc2N=C2N(c3ccc4ccsc4c3)CCC12O. The van der Waals surface area contributed by atoms with Crippen LogP contribution in [0.15, 0.2) is 52.8 Å². The van der Waals surface area contributed by atoms with Crippen molar-refractivity contribution < 1.29 is 9.90 Å². The third-order valence-electron chi connectivity index (χ3n) is 4.88. The van der Waals surface area contributed by atoms with E-state index in [9.17, 15) is 9.90 Å². The van der Waals surface area contributed by atoms with Gasteiger partial charge in [0, 0.05) is 33.9 Å². The second-order valence-corrected chi connectivity index (χ2v) is 7.71. The Morgan fingerprint density at radius 3 is 2.96 bits per heavy atom. The maximum Gasteiger partial charge on any atom is 0.204 e. The van der Waals surface area contributed by atoms with Gasteiger partial charge >= 0.3 is 0 Å². The van der Waals surface area contributed by atoms with Crippen LogP contribution in [0.25, 0.3) is 10.1 Å². The summed E-state index contributed by atoms with van der Waals surface area (Å²) in [6.45, 7) is 0.541. The van der Waals surface area contributed by atoms with Crippen molar-refractivity contribution >= 4 is 56.0 Å². The topological polar surface area (TPSA) is 52.9 Å². The zero-order valence-electron chi connectivity index (χ0n) is 13.1. The van der Waals surface area contributed by atoms with Crippen LogP contribution in [0.3, 0.4) is 0 Å². The van der Waals surface area contributed by atoms with Crippen LogP contribution in [-0.2, 0) is 0 Å². The van der Waals surface area contributed by atoms with Gasteiger partial charge in [-0.25, -0.2) is 4.99 Å². The Morgan fingerprint density at radius 2 is 2.08 bits per heavy atom. The number of carbonyl (C=O) groups is 1. The van der Waals surface area contributed by atoms with E-state index in [1.165, 1.54) is 10.1 Å². The number of carbonyl (C=O) groups excluding carboxylic acids is 1. The van der Waals surface area contributed by atoms with E-state index in [1.54, 1.807) is 29.5 Å².